The minimum atomic E-state index is 0.564. The molecule has 13 heavy (non-hydrogen) atoms. The Labute approximate surface area is 77.8 Å². The van der Waals surface area contributed by atoms with Crippen molar-refractivity contribution in [2.45, 2.75) is 6.92 Å². The third-order valence-corrected chi connectivity index (χ3v) is 1.58. The van der Waals surface area contributed by atoms with E-state index in [0.717, 1.165) is 11.8 Å². The molecule has 2 nitrogen and oxygen atoms in total. The summed E-state index contributed by atoms with van der Waals surface area (Å²) < 4.78 is 5.30. The van der Waals surface area contributed by atoms with Crippen molar-refractivity contribution in [3.05, 3.63) is 42.0 Å². The highest BCUT2D eigenvalue weighted by molar-refractivity contribution is 5.78. The van der Waals surface area contributed by atoms with Gasteiger partial charge in [-0.15, -0.1) is 0 Å². The highest BCUT2D eigenvalue weighted by Gasteiger charge is 1.99. The van der Waals surface area contributed by atoms with E-state index in [4.69, 9.17) is 4.74 Å². The lowest BCUT2D eigenvalue weighted by molar-refractivity contribution is -0.104. The second-order valence-electron chi connectivity index (χ2n) is 2.47. The monoisotopic (exact) mass is 176 g/mol. The quantitative estimate of drug-likeness (QED) is 0.399. The molecule has 0 fully saturated rings. The van der Waals surface area contributed by atoms with E-state index in [-0.39, 0.29) is 0 Å². The predicted octanol–water partition coefficient (Wildman–Crippen LogP) is 2.26. The first-order valence-corrected chi connectivity index (χ1v) is 4.22. The number of aldehydes is 1. The molecular formula is C11H12O2. The van der Waals surface area contributed by atoms with E-state index < -0.39 is 0 Å². The van der Waals surface area contributed by atoms with Crippen LogP contribution >= 0.6 is 0 Å². The molecule has 0 saturated carbocycles. The first-order chi connectivity index (χ1) is 6.38. The molecule has 0 aromatic heterocycles. The van der Waals surface area contributed by atoms with Gasteiger partial charge in [-0.3, -0.25) is 4.79 Å². The van der Waals surface area contributed by atoms with Gasteiger partial charge >= 0.3 is 0 Å². The van der Waals surface area contributed by atoms with Crippen LogP contribution in [0.2, 0.25) is 0 Å². The van der Waals surface area contributed by atoms with E-state index in [1.807, 2.05) is 37.3 Å². The molecule has 0 aliphatic rings. The standard InChI is InChI=1S/C11H12O2/c1-2-13-11(8-9-12)10-6-4-3-5-7-10/h3-9H,2H2,1H3/b11-8-. The van der Waals surface area contributed by atoms with Crippen molar-refractivity contribution < 1.29 is 9.53 Å². The Hall–Kier alpha value is -1.57. The lowest BCUT2D eigenvalue weighted by Crippen LogP contribution is -1.91. The van der Waals surface area contributed by atoms with Gasteiger partial charge in [0.15, 0.2) is 0 Å². The number of hydrogen-bond donors (Lipinski definition) is 0. The topological polar surface area (TPSA) is 26.3 Å². The fourth-order valence-corrected chi connectivity index (χ4v) is 1.05. The fourth-order valence-electron chi connectivity index (χ4n) is 1.05. The molecule has 1 rings (SSSR count). The van der Waals surface area contributed by atoms with Crippen LogP contribution < -0.4 is 0 Å². The van der Waals surface area contributed by atoms with Crippen molar-refractivity contribution in [1.29, 1.82) is 0 Å². The molecule has 0 aliphatic heterocycles. The molecule has 1 aromatic carbocycles. The molecule has 2 heteroatoms. The molecule has 0 bridgehead atoms. The van der Waals surface area contributed by atoms with Gasteiger partial charge in [0, 0.05) is 11.6 Å². The number of allylic oxidation sites excluding steroid dienone is 1. The fraction of sp³-hybridized carbons (Fsp3) is 0.182. The van der Waals surface area contributed by atoms with Gasteiger partial charge in [0.2, 0.25) is 0 Å². The van der Waals surface area contributed by atoms with Crippen LogP contribution in [0.25, 0.3) is 5.76 Å². The van der Waals surface area contributed by atoms with Crippen LogP contribution in [0.4, 0.5) is 0 Å². The van der Waals surface area contributed by atoms with Gasteiger partial charge < -0.3 is 4.74 Å². The summed E-state index contributed by atoms with van der Waals surface area (Å²) in [7, 11) is 0. The second-order valence-corrected chi connectivity index (χ2v) is 2.47. The molecule has 0 saturated heterocycles. The zero-order valence-electron chi connectivity index (χ0n) is 7.57. The predicted molar refractivity (Wildman–Crippen MR) is 52.1 cm³/mol. The minimum absolute atomic E-state index is 0.564. The van der Waals surface area contributed by atoms with Crippen LogP contribution in [0.15, 0.2) is 36.4 Å². The number of hydrogen-bond acceptors (Lipinski definition) is 2. The summed E-state index contributed by atoms with van der Waals surface area (Å²) >= 11 is 0. The highest BCUT2D eigenvalue weighted by atomic mass is 16.5. The largest absolute Gasteiger partial charge is 0.493 e. The van der Waals surface area contributed by atoms with Gasteiger partial charge in [0.1, 0.15) is 12.0 Å². The lowest BCUT2D eigenvalue weighted by atomic mass is 10.2. The molecule has 0 amide bonds. The van der Waals surface area contributed by atoms with Crippen molar-refractivity contribution in [1.82, 2.24) is 0 Å². The number of carbonyl (C=O) groups is 1. The van der Waals surface area contributed by atoms with Gasteiger partial charge in [-0.25, -0.2) is 0 Å². The first kappa shape index (κ1) is 9.52. The molecule has 0 unspecified atom stereocenters. The lowest BCUT2D eigenvalue weighted by Gasteiger charge is -2.06. The zero-order valence-corrected chi connectivity index (χ0v) is 7.57. The molecule has 1 aromatic rings. The average Bonchev–Trinajstić information content (AvgIpc) is 2.19. The first-order valence-electron chi connectivity index (χ1n) is 4.22. The molecule has 0 heterocycles. The van der Waals surface area contributed by atoms with E-state index in [0.29, 0.717) is 12.4 Å². The van der Waals surface area contributed by atoms with Crippen molar-refractivity contribution in [2.75, 3.05) is 6.61 Å². The summed E-state index contributed by atoms with van der Waals surface area (Å²) in [5.74, 6) is 0.623. The van der Waals surface area contributed by atoms with Gasteiger partial charge in [0.05, 0.1) is 6.61 Å². The smallest absolute Gasteiger partial charge is 0.146 e. The molecule has 0 atom stereocenters. The van der Waals surface area contributed by atoms with Crippen molar-refractivity contribution >= 4 is 12.0 Å². The molecule has 68 valence electrons. The molecule has 0 radical (unpaired) electrons. The van der Waals surface area contributed by atoms with E-state index >= 15 is 0 Å². The Balaban J connectivity index is 2.89. The maximum absolute atomic E-state index is 10.3. The SMILES string of the molecule is CCO/C(=C\C=O)c1ccccc1. The van der Waals surface area contributed by atoms with E-state index in [2.05, 4.69) is 0 Å². The number of rotatable bonds is 4. The Kier molecular flexibility index (Phi) is 3.76. The Morgan fingerprint density at radius 2 is 2.08 bits per heavy atom. The summed E-state index contributed by atoms with van der Waals surface area (Å²) in [4.78, 5) is 10.3. The van der Waals surface area contributed by atoms with Crippen LogP contribution in [-0.2, 0) is 9.53 Å². The summed E-state index contributed by atoms with van der Waals surface area (Å²) in [5, 5.41) is 0. The maximum Gasteiger partial charge on any atom is 0.146 e. The summed E-state index contributed by atoms with van der Waals surface area (Å²) in [5.41, 5.74) is 0.927. The van der Waals surface area contributed by atoms with E-state index in [1.54, 1.807) is 0 Å². The van der Waals surface area contributed by atoms with E-state index in [1.165, 1.54) is 6.08 Å². The van der Waals surface area contributed by atoms with E-state index in [9.17, 15) is 4.79 Å². The normalized spacial score (nSPS) is 11.0. The molecule has 0 aliphatic carbocycles. The second kappa shape index (κ2) is 5.14. The maximum atomic E-state index is 10.3. The van der Waals surface area contributed by atoms with Crippen LogP contribution in [0.5, 0.6) is 0 Å². The molecular weight excluding hydrogens is 164 g/mol. The minimum Gasteiger partial charge on any atom is -0.493 e. The Morgan fingerprint density at radius 3 is 2.62 bits per heavy atom. The number of carbonyl (C=O) groups excluding carboxylic acids is 1. The zero-order chi connectivity index (χ0) is 9.52. The van der Waals surface area contributed by atoms with Crippen molar-refractivity contribution in [3.63, 3.8) is 0 Å². The van der Waals surface area contributed by atoms with Crippen LogP contribution in [0.1, 0.15) is 12.5 Å². The summed E-state index contributed by atoms with van der Waals surface area (Å²) in [6.07, 6.45) is 2.16. The number of benzene rings is 1. The van der Waals surface area contributed by atoms with Gasteiger partial charge in [0.25, 0.3) is 0 Å². The average molecular weight is 176 g/mol. The molecule has 0 spiro atoms. The van der Waals surface area contributed by atoms with Gasteiger partial charge in [-0.05, 0) is 6.92 Å². The highest BCUT2D eigenvalue weighted by Crippen LogP contribution is 2.14. The Bertz CT molecular complexity index is 288. The summed E-state index contributed by atoms with van der Waals surface area (Å²) in [6, 6.07) is 9.56. The third kappa shape index (κ3) is 2.75. The number of ether oxygens (including phenoxy) is 1. The van der Waals surface area contributed by atoms with Gasteiger partial charge in [-0.1, -0.05) is 30.3 Å². The van der Waals surface area contributed by atoms with Crippen LogP contribution in [0.3, 0.4) is 0 Å². The Morgan fingerprint density at radius 1 is 1.38 bits per heavy atom. The summed E-state index contributed by atoms with van der Waals surface area (Å²) in [6.45, 7) is 2.45. The van der Waals surface area contributed by atoms with Crippen molar-refractivity contribution in [2.24, 2.45) is 0 Å². The van der Waals surface area contributed by atoms with Crippen molar-refractivity contribution in [3.8, 4) is 0 Å². The van der Waals surface area contributed by atoms with Gasteiger partial charge in [-0.2, -0.15) is 0 Å². The third-order valence-electron chi connectivity index (χ3n) is 1.58. The van der Waals surface area contributed by atoms with Crippen LogP contribution in [0, 0.1) is 0 Å². The van der Waals surface area contributed by atoms with Crippen LogP contribution in [-0.4, -0.2) is 12.9 Å². The molecule has 0 N–H and O–H groups in total.